The lowest BCUT2D eigenvalue weighted by Gasteiger charge is -2.09. The minimum absolute atomic E-state index is 0.109. The number of aromatic hydroxyl groups is 1. The van der Waals surface area contributed by atoms with Gasteiger partial charge in [0.25, 0.3) is 5.91 Å². The smallest absolute Gasteiger partial charge is 0.277 e. The number of phenols is 1. The summed E-state index contributed by atoms with van der Waals surface area (Å²) in [6, 6.07) is 12.3. The highest BCUT2D eigenvalue weighted by Gasteiger charge is 2.05. The maximum Gasteiger partial charge on any atom is 0.277 e. The Morgan fingerprint density at radius 1 is 1.27 bits per heavy atom. The number of phenolic OH excluding ortho intramolecular Hbond substituents is 1. The van der Waals surface area contributed by atoms with Crippen LogP contribution in [-0.2, 0) is 4.79 Å². The number of hydrogen-bond donors (Lipinski definition) is 2. The van der Waals surface area contributed by atoms with E-state index >= 15 is 0 Å². The Kier molecular flexibility index (Phi) is 5.14. The SMILES string of the molecule is Cc1cccc(OCC(=O)N/N=C\c2cccc(O)c2)c1C. The van der Waals surface area contributed by atoms with Crippen molar-refractivity contribution >= 4 is 12.1 Å². The molecule has 0 fully saturated rings. The lowest BCUT2D eigenvalue weighted by atomic mass is 10.1. The molecule has 0 unspecified atom stereocenters. The highest BCUT2D eigenvalue weighted by atomic mass is 16.5. The van der Waals surface area contributed by atoms with Gasteiger partial charge in [-0.1, -0.05) is 24.3 Å². The molecule has 0 radical (unpaired) electrons. The van der Waals surface area contributed by atoms with Gasteiger partial charge in [-0.15, -0.1) is 0 Å². The molecule has 0 aliphatic heterocycles. The first-order chi connectivity index (χ1) is 10.6. The van der Waals surface area contributed by atoms with Gasteiger partial charge in [0.2, 0.25) is 0 Å². The Hall–Kier alpha value is -2.82. The quantitative estimate of drug-likeness (QED) is 0.658. The van der Waals surface area contributed by atoms with E-state index in [4.69, 9.17) is 4.74 Å². The summed E-state index contributed by atoms with van der Waals surface area (Å²) in [6.45, 7) is 3.83. The molecule has 0 bridgehead atoms. The van der Waals surface area contributed by atoms with Gasteiger partial charge in [0.1, 0.15) is 11.5 Å². The maximum absolute atomic E-state index is 11.7. The van der Waals surface area contributed by atoms with Gasteiger partial charge < -0.3 is 9.84 Å². The second-order valence-electron chi connectivity index (χ2n) is 4.87. The zero-order valence-corrected chi connectivity index (χ0v) is 12.5. The number of carbonyl (C=O) groups excluding carboxylic acids is 1. The van der Waals surface area contributed by atoms with Crippen LogP contribution in [0.15, 0.2) is 47.6 Å². The van der Waals surface area contributed by atoms with Gasteiger partial charge in [0.05, 0.1) is 6.21 Å². The van der Waals surface area contributed by atoms with Gasteiger partial charge in [-0.3, -0.25) is 4.79 Å². The van der Waals surface area contributed by atoms with E-state index in [1.807, 2.05) is 32.0 Å². The van der Waals surface area contributed by atoms with E-state index in [1.165, 1.54) is 6.21 Å². The van der Waals surface area contributed by atoms with E-state index in [2.05, 4.69) is 10.5 Å². The molecule has 22 heavy (non-hydrogen) atoms. The van der Waals surface area contributed by atoms with Crippen molar-refractivity contribution in [3.8, 4) is 11.5 Å². The van der Waals surface area contributed by atoms with Crippen molar-refractivity contribution in [2.75, 3.05) is 6.61 Å². The number of carbonyl (C=O) groups is 1. The van der Waals surface area contributed by atoms with Crippen LogP contribution in [0.1, 0.15) is 16.7 Å². The third kappa shape index (κ3) is 4.34. The lowest BCUT2D eigenvalue weighted by molar-refractivity contribution is -0.123. The van der Waals surface area contributed by atoms with Crippen molar-refractivity contribution in [2.45, 2.75) is 13.8 Å². The molecule has 0 aliphatic rings. The molecular weight excluding hydrogens is 280 g/mol. The molecule has 114 valence electrons. The van der Waals surface area contributed by atoms with Gasteiger partial charge in [-0.2, -0.15) is 5.10 Å². The molecule has 5 nitrogen and oxygen atoms in total. The first kappa shape index (κ1) is 15.6. The van der Waals surface area contributed by atoms with Crippen LogP contribution < -0.4 is 10.2 Å². The summed E-state index contributed by atoms with van der Waals surface area (Å²) < 4.78 is 5.48. The second-order valence-corrected chi connectivity index (χ2v) is 4.87. The highest BCUT2D eigenvalue weighted by molar-refractivity contribution is 5.83. The molecule has 1 amide bonds. The molecule has 0 aliphatic carbocycles. The summed E-state index contributed by atoms with van der Waals surface area (Å²) >= 11 is 0. The Morgan fingerprint density at radius 2 is 2.05 bits per heavy atom. The van der Waals surface area contributed by atoms with Crippen molar-refractivity contribution in [3.63, 3.8) is 0 Å². The van der Waals surface area contributed by atoms with E-state index in [1.54, 1.807) is 24.3 Å². The fourth-order valence-electron chi connectivity index (χ4n) is 1.84. The maximum atomic E-state index is 11.7. The zero-order valence-electron chi connectivity index (χ0n) is 12.5. The molecule has 0 spiro atoms. The minimum Gasteiger partial charge on any atom is -0.508 e. The lowest BCUT2D eigenvalue weighted by Crippen LogP contribution is -2.24. The highest BCUT2D eigenvalue weighted by Crippen LogP contribution is 2.20. The number of nitrogens with zero attached hydrogens (tertiary/aromatic N) is 1. The summed E-state index contributed by atoms with van der Waals surface area (Å²) in [5.41, 5.74) is 5.19. The third-order valence-corrected chi connectivity index (χ3v) is 3.19. The van der Waals surface area contributed by atoms with E-state index in [0.717, 1.165) is 11.1 Å². The average Bonchev–Trinajstić information content (AvgIpc) is 2.49. The van der Waals surface area contributed by atoms with Crippen LogP contribution in [0.25, 0.3) is 0 Å². The Morgan fingerprint density at radius 3 is 2.82 bits per heavy atom. The largest absolute Gasteiger partial charge is 0.508 e. The van der Waals surface area contributed by atoms with E-state index in [9.17, 15) is 9.90 Å². The topological polar surface area (TPSA) is 70.9 Å². The molecule has 0 heterocycles. The minimum atomic E-state index is -0.350. The van der Waals surface area contributed by atoms with Crippen molar-refractivity contribution in [3.05, 3.63) is 59.2 Å². The Labute approximate surface area is 129 Å². The van der Waals surface area contributed by atoms with Gasteiger partial charge >= 0.3 is 0 Å². The normalized spacial score (nSPS) is 10.6. The van der Waals surface area contributed by atoms with E-state index in [-0.39, 0.29) is 18.3 Å². The molecule has 2 rings (SSSR count). The summed E-state index contributed by atoms with van der Waals surface area (Å²) in [7, 11) is 0. The summed E-state index contributed by atoms with van der Waals surface area (Å²) in [6.07, 6.45) is 1.45. The number of benzene rings is 2. The molecule has 2 aromatic rings. The number of hydrazone groups is 1. The molecule has 0 aromatic heterocycles. The predicted molar refractivity (Wildman–Crippen MR) is 85.3 cm³/mol. The molecule has 5 heteroatoms. The van der Waals surface area contributed by atoms with Gasteiger partial charge in [-0.05, 0) is 48.7 Å². The number of ether oxygens (including phenoxy) is 1. The average molecular weight is 298 g/mol. The molecule has 0 saturated heterocycles. The second kappa shape index (κ2) is 7.26. The van der Waals surface area contributed by atoms with Crippen molar-refractivity contribution in [2.24, 2.45) is 5.10 Å². The Balaban J connectivity index is 1.84. The molecule has 2 aromatic carbocycles. The Bertz CT molecular complexity index is 696. The number of hydrogen-bond acceptors (Lipinski definition) is 4. The number of rotatable bonds is 5. The standard InChI is InChI=1S/C17H18N2O3/c1-12-5-3-8-16(13(12)2)22-11-17(21)19-18-10-14-6-4-7-15(20)9-14/h3-10,20H,11H2,1-2H3,(H,19,21)/b18-10-. The van der Waals surface area contributed by atoms with Crippen LogP contribution in [0.2, 0.25) is 0 Å². The number of nitrogens with one attached hydrogen (secondary N) is 1. The molecule has 2 N–H and O–H groups in total. The fraction of sp³-hybridized carbons (Fsp3) is 0.176. The van der Waals surface area contributed by atoms with Crippen LogP contribution in [-0.4, -0.2) is 23.8 Å². The fourth-order valence-corrected chi connectivity index (χ4v) is 1.84. The van der Waals surface area contributed by atoms with Crippen LogP contribution in [0.4, 0.5) is 0 Å². The van der Waals surface area contributed by atoms with Gasteiger partial charge in [0.15, 0.2) is 6.61 Å². The van der Waals surface area contributed by atoms with Crippen molar-refractivity contribution in [1.82, 2.24) is 5.43 Å². The third-order valence-electron chi connectivity index (χ3n) is 3.19. The summed E-state index contributed by atoms with van der Waals surface area (Å²) in [5.74, 6) is 0.484. The van der Waals surface area contributed by atoms with Crippen LogP contribution in [0.5, 0.6) is 11.5 Å². The monoisotopic (exact) mass is 298 g/mol. The van der Waals surface area contributed by atoms with Gasteiger partial charge in [0, 0.05) is 0 Å². The van der Waals surface area contributed by atoms with E-state index in [0.29, 0.717) is 11.3 Å². The van der Waals surface area contributed by atoms with Gasteiger partial charge in [-0.25, -0.2) is 5.43 Å². The first-order valence-electron chi connectivity index (χ1n) is 6.86. The predicted octanol–water partition coefficient (Wildman–Crippen LogP) is 2.54. The summed E-state index contributed by atoms with van der Waals surface area (Å²) in [4.78, 5) is 11.7. The number of aryl methyl sites for hydroxylation is 1. The molecule has 0 saturated carbocycles. The zero-order chi connectivity index (χ0) is 15.9. The first-order valence-corrected chi connectivity index (χ1v) is 6.86. The number of amides is 1. The van der Waals surface area contributed by atoms with E-state index < -0.39 is 0 Å². The molecular formula is C17H18N2O3. The van der Waals surface area contributed by atoms with Crippen LogP contribution >= 0.6 is 0 Å². The van der Waals surface area contributed by atoms with Crippen LogP contribution in [0.3, 0.4) is 0 Å². The summed E-state index contributed by atoms with van der Waals surface area (Å²) in [5, 5.41) is 13.1. The van der Waals surface area contributed by atoms with Crippen LogP contribution in [0, 0.1) is 13.8 Å². The van der Waals surface area contributed by atoms with Crippen molar-refractivity contribution in [1.29, 1.82) is 0 Å². The van der Waals surface area contributed by atoms with Crippen molar-refractivity contribution < 1.29 is 14.6 Å². The molecule has 0 atom stereocenters.